The number of H-pyrrole nitrogens is 2. The molecule has 0 fully saturated rings. The zero-order valence-electron chi connectivity index (χ0n) is 33.1. The lowest BCUT2D eigenvalue weighted by Gasteiger charge is -2.19. The first-order valence-corrected chi connectivity index (χ1v) is 19.2. The summed E-state index contributed by atoms with van der Waals surface area (Å²) in [5.74, 6) is -1.88. The average Bonchev–Trinajstić information content (AvgIpc) is 3.87. The topological polar surface area (TPSA) is 150 Å². The van der Waals surface area contributed by atoms with E-state index in [9.17, 15) is 19.8 Å². The van der Waals surface area contributed by atoms with Crippen LogP contribution < -0.4 is 10.4 Å². The summed E-state index contributed by atoms with van der Waals surface area (Å²) in [5, 5.41) is 23.4. The molecule has 5 heterocycles. The van der Waals surface area contributed by atoms with Crippen molar-refractivity contribution in [3.63, 3.8) is 0 Å². The van der Waals surface area contributed by atoms with Gasteiger partial charge in [0.2, 0.25) is 0 Å². The zero-order valence-corrected chi connectivity index (χ0v) is 33.1. The number of aromatic nitrogens is 4. The molecule has 286 valence electrons. The van der Waals surface area contributed by atoms with Crippen LogP contribution in [0.1, 0.15) is 137 Å². The van der Waals surface area contributed by atoms with Gasteiger partial charge in [0.1, 0.15) is 18.3 Å². The van der Waals surface area contributed by atoms with Crippen molar-refractivity contribution in [1.82, 2.24) is 19.9 Å². The lowest BCUT2D eigenvalue weighted by molar-refractivity contribution is -0.143. The summed E-state index contributed by atoms with van der Waals surface area (Å²) >= 11 is 0. The van der Waals surface area contributed by atoms with Crippen molar-refractivity contribution < 1.29 is 29.3 Å². The van der Waals surface area contributed by atoms with Crippen molar-refractivity contribution in [3.8, 4) is 0 Å². The number of esters is 2. The van der Waals surface area contributed by atoms with Gasteiger partial charge in [-0.15, -0.1) is 0 Å². The minimum atomic E-state index is -1.09. The first kappa shape index (κ1) is 38.6. The van der Waals surface area contributed by atoms with Crippen molar-refractivity contribution in [3.05, 3.63) is 79.8 Å². The second kappa shape index (κ2) is 15.7. The number of aliphatic hydroxyl groups is 2. The number of methoxy groups -OCH3 is 1. The van der Waals surface area contributed by atoms with Crippen LogP contribution in [0.2, 0.25) is 0 Å². The van der Waals surface area contributed by atoms with Gasteiger partial charge in [0.25, 0.3) is 0 Å². The standard InChI is InChI=1S/C44H54N4O6/c1-10-28-24(5)32-19-36-30(21-49)26(7)31(46-36)18-33-25(6)29(14-15-37(50)54-17-16-23(4)13-11-12-22(2)3)41(47-33)39-40(44(52)53-9)43(51)38-27(8)34(48-42(38)39)20-35(28)45-32/h16,18-22,25,29,40,46,48-49,51H,10-15,17H2,1-9H3/b23-16-,30-21?,33-18?,35-20?,36-19?/t25-,29-,40+/m0/s1. The fraction of sp³-hybridized carbons (Fsp3) is 0.455. The Morgan fingerprint density at radius 1 is 1.00 bits per heavy atom. The molecule has 4 N–H and O–H groups in total. The SMILES string of the molecule is CCC1=C(C)c2cc3[nH]c(cc4nc(c5c6[nH]c(cc1n2)c(C)c6=C(O)[C@@H]5C(=O)OC)[C@@H](CCC(=O)OC/C=C(/C)CCCC(C)C)[C@@H]4C)c(C)c3=CO. The van der Waals surface area contributed by atoms with Crippen LogP contribution in [0.5, 0.6) is 0 Å². The molecular weight excluding hydrogens is 681 g/mol. The van der Waals surface area contributed by atoms with E-state index in [0.29, 0.717) is 39.6 Å². The Bertz CT molecular complexity index is 2360. The molecular formula is C44H54N4O6. The van der Waals surface area contributed by atoms with Gasteiger partial charge in [-0.1, -0.05) is 39.7 Å². The van der Waals surface area contributed by atoms with E-state index in [1.54, 1.807) is 0 Å². The number of nitrogens with one attached hydrogen (secondary N) is 2. The maximum Gasteiger partial charge on any atom is 0.321 e. The minimum absolute atomic E-state index is 0.0905. The summed E-state index contributed by atoms with van der Waals surface area (Å²) in [6.45, 7) is 16.8. The lowest BCUT2D eigenvalue weighted by atomic mass is 9.84. The molecule has 3 aliphatic rings. The largest absolute Gasteiger partial charge is 0.515 e. The van der Waals surface area contributed by atoms with Crippen LogP contribution in [-0.4, -0.2) is 55.8 Å². The van der Waals surface area contributed by atoms with Crippen molar-refractivity contribution in [2.24, 2.45) is 5.92 Å². The molecule has 54 heavy (non-hydrogen) atoms. The number of carbonyl (C=O) groups excluding carboxylic acids is 2. The Labute approximate surface area is 316 Å². The molecule has 0 radical (unpaired) electrons. The molecule has 10 heteroatoms. The number of rotatable bonds is 11. The molecule has 0 spiro atoms. The fourth-order valence-electron chi connectivity index (χ4n) is 8.25. The maximum atomic E-state index is 13.5. The molecule has 0 amide bonds. The molecule has 10 nitrogen and oxygen atoms in total. The molecule has 0 unspecified atom stereocenters. The Morgan fingerprint density at radius 2 is 1.72 bits per heavy atom. The fourth-order valence-corrected chi connectivity index (χ4v) is 8.25. The predicted molar refractivity (Wildman–Crippen MR) is 214 cm³/mol. The van der Waals surface area contributed by atoms with Crippen LogP contribution >= 0.6 is 0 Å². The quantitative estimate of drug-likeness (QED) is 0.113. The van der Waals surface area contributed by atoms with Gasteiger partial charge in [0.15, 0.2) is 0 Å². The zero-order chi connectivity index (χ0) is 39.0. The van der Waals surface area contributed by atoms with E-state index >= 15 is 0 Å². The van der Waals surface area contributed by atoms with Crippen LogP contribution in [0.15, 0.2) is 29.8 Å². The van der Waals surface area contributed by atoms with Crippen LogP contribution in [0.3, 0.4) is 0 Å². The second-order valence-corrected chi connectivity index (χ2v) is 15.4. The van der Waals surface area contributed by atoms with Crippen LogP contribution in [-0.2, 0) is 19.1 Å². The van der Waals surface area contributed by atoms with E-state index in [4.69, 9.17) is 19.4 Å². The first-order chi connectivity index (χ1) is 25.8. The molecule has 0 saturated carbocycles. The smallest absolute Gasteiger partial charge is 0.321 e. The van der Waals surface area contributed by atoms with Gasteiger partial charge >= 0.3 is 11.9 Å². The molecule has 2 aliphatic heterocycles. The Hall–Kier alpha value is -5.12. The van der Waals surface area contributed by atoms with E-state index in [-0.39, 0.29) is 36.6 Å². The normalized spacial score (nSPS) is 18.6. The van der Waals surface area contributed by atoms with Crippen LogP contribution in [0, 0.1) is 19.8 Å². The monoisotopic (exact) mass is 734 g/mol. The lowest BCUT2D eigenvalue weighted by Crippen LogP contribution is -2.18. The summed E-state index contributed by atoms with van der Waals surface area (Å²) in [6.07, 6.45) is 7.67. The van der Waals surface area contributed by atoms with Gasteiger partial charge in [-0.2, -0.15) is 0 Å². The molecule has 1 aliphatic carbocycles. The van der Waals surface area contributed by atoms with Gasteiger partial charge < -0.3 is 29.7 Å². The second-order valence-electron chi connectivity index (χ2n) is 15.4. The highest BCUT2D eigenvalue weighted by molar-refractivity contribution is 5.97. The number of hydrogen-bond acceptors (Lipinski definition) is 8. The summed E-state index contributed by atoms with van der Waals surface area (Å²) in [5.41, 5.74) is 11.3. The number of hydrogen-bond donors (Lipinski definition) is 4. The Kier molecular flexibility index (Phi) is 11.2. The Morgan fingerprint density at radius 3 is 2.41 bits per heavy atom. The number of aliphatic hydroxyl groups excluding tert-OH is 2. The van der Waals surface area contributed by atoms with Crippen molar-refractivity contribution in [1.29, 1.82) is 0 Å². The predicted octanol–water partition coefficient (Wildman–Crippen LogP) is 8.49. The molecule has 0 aromatic carbocycles. The van der Waals surface area contributed by atoms with E-state index in [2.05, 4.69) is 51.5 Å². The number of allylic oxidation sites excluding steroid dienone is 3. The highest BCUT2D eigenvalue weighted by Crippen LogP contribution is 2.46. The maximum absolute atomic E-state index is 13.5. The first-order valence-electron chi connectivity index (χ1n) is 19.2. The van der Waals surface area contributed by atoms with Gasteiger partial charge in [0, 0.05) is 51.0 Å². The van der Waals surface area contributed by atoms with E-state index in [1.807, 2.05) is 38.1 Å². The number of aryl methyl sites for hydroxylation is 2. The van der Waals surface area contributed by atoms with Crippen LogP contribution in [0.25, 0.3) is 45.2 Å². The summed E-state index contributed by atoms with van der Waals surface area (Å²) < 4.78 is 10.9. The molecule has 8 bridgehead atoms. The van der Waals surface area contributed by atoms with Crippen molar-refractivity contribution in [2.75, 3.05) is 13.7 Å². The van der Waals surface area contributed by atoms with E-state index in [0.717, 1.165) is 87.9 Å². The number of carbonyl (C=O) groups is 2. The third-order valence-electron chi connectivity index (χ3n) is 11.5. The molecule has 6 rings (SSSR count). The molecule has 3 atom stereocenters. The van der Waals surface area contributed by atoms with Gasteiger partial charge in [0.05, 0.1) is 41.5 Å². The molecule has 3 aromatic rings. The van der Waals surface area contributed by atoms with E-state index in [1.165, 1.54) is 12.7 Å². The average molecular weight is 735 g/mol. The van der Waals surface area contributed by atoms with Gasteiger partial charge in [-0.3, -0.25) is 14.6 Å². The van der Waals surface area contributed by atoms with Crippen LogP contribution in [0.4, 0.5) is 0 Å². The highest BCUT2D eigenvalue weighted by Gasteiger charge is 2.41. The summed E-state index contributed by atoms with van der Waals surface area (Å²) in [4.78, 5) is 44.0. The third kappa shape index (κ3) is 7.10. The highest BCUT2D eigenvalue weighted by atomic mass is 16.5. The number of nitrogens with zero attached hydrogens (tertiary/aromatic N) is 2. The number of aromatic amines is 2. The van der Waals surface area contributed by atoms with Gasteiger partial charge in [-0.05, 0) is 106 Å². The van der Waals surface area contributed by atoms with Crippen molar-refractivity contribution in [2.45, 2.75) is 112 Å². The third-order valence-corrected chi connectivity index (χ3v) is 11.5. The number of fused-ring (bicyclic) bond motifs is 8. The molecule has 0 saturated heterocycles. The summed E-state index contributed by atoms with van der Waals surface area (Å²) in [7, 11) is 1.31. The van der Waals surface area contributed by atoms with Crippen molar-refractivity contribution >= 4 is 57.2 Å². The number of ether oxygens (including phenoxy) is 2. The Balaban J connectivity index is 1.53. The van der Waals surface area contributed by atoms with Gasteiger partial charge in [-0.25, -0.2) is 4.98 Å². The minimum Gasteiger partial charge on any atom is -0.515 e. The summed E-state index contributed by atoms with van der Waals surface area (Å²) in [6, 6.07) is 5.93. The molecule has 3 aromatic heterocycles. The van der Waals surface area contributed by atoms with E-state index < -0.39 is 11.9 Å².